The summed E-state index contributed by atoms with van der Waals surface area (Å²) in [7, 11) is 0. The predicted octanol–water partition coefficient (Wildman–Crippen LogP) is 2.33. The third-order valence-electron chi connectivity index (χ3n) is 2.96. The van der Waals surface area contributed by atoms with Gasteiger partial charge < -0.3 is 0 Å². The lowest BCUT2D eigenvalue weighted by Gasteiger charge is -2.31. The largest absolute Gasteiger partial charge is 0.299 e. The van der Waals surface area contributed by atoms with Crippen LogP contribution in [0.1, 0.15) is 12.5 Å². The third kappa shape index (κ3) is 3.30. The second-order valence-electron chi connectivity index (χ2n) is 4.30. The summed E-state index contributed by atoms with van der Waals surface area (Å²) in [6.45, 7) is 3.87. The predicted molar refractivity (Wildman–Crippen MR) is 68.6 cm³/mol. The molecule has 1 aliphatic rings. The highest BCUT2D eigenvalue weighted by Gasteiger charge is 2.23. The smallest absolute Gasteiger partial charge is 0.144 e. The first-order chi connectivity index (χ1) is 8.16. The fourth-order valence-electron chi connectivity index (χ4n) is 1.96. The van der Waals surface area contributed by atoms with Crippen molar-refractivity contribution in [2.24, 2.45) is 0 Å². The average Bonchev–Trinajstić information content (AvgIpc) is 2.32. The van der Waals surface area contributed by atoms with E-state index in [9.17, 15) is 9.18 Å². The van der Waals surface area contributed by atoms with Gasteiger partial charge in [0, 0.05) is 31.0 Å². The van der Waals surface area contributed by atoms with Gasteiger partial charge in [-0.15, -0.1) is 11.8 Å². The molecule has 1 aromatic carbocycles. The van der Waals surface area contributed by atoms with Crippen LogP contribution >= 0.6 is 11.8 Å². The molecule has 0 aromatic heterocycles. The van der Waals surface area contributed by atoms with Crippen molar-refractivity contribution in [3.8, 4) is 0 Å². The Bertz CT molecular complexity index is 410. The summed E-state index contributed by atoms with van der Waals surface area (Å²) in [5.74, 6) is 0.997. The van der Waals surface area contributed by atoms with Gasteiger partial charge in [-0.05, 0) is 13.0 Å². The third-order valence-corrected chi connectivity index (χ3v) is 4.26. The maximum absolute atomic E-state index is 13.5. The van der Waals surface area contributed by atoms with Crippen LogP contribution in [0.5, 0.6) is 0 Å². The highest BCUT2D eigenvalue weighted by molar-refractivity contribution is 8.00. The summed E-state index contributed by atoms with van der Waals surface area (Å²) >= 11 is 1.70. The van der Waals surface area contributed by atoms with Crippen molar-refractivity contribution in [3.63, 3.8) is 0 Å². The maximum Gasteiger partial charge on any atom is 0.144 e. The minimum Gasteiger partial charge on any atom is -0.299 e. The molecule has 0 radical (unpaired) electrons. The first-order valence-corrected chi connectivity index (χ1v) is 6.79. The topological polar surface area (TPSA) is 20.3 Å². The molecule has 1 heterocycles. The lowest BCUT2D eigenvalue weighted by Crippen LogP contribution is -2.40. The molecule has 0 amide bonds. The molecule has 2 rings (SSSR count). The fourth-order valence-corrected chi connectivity index (χ4v) is 3.16. The van der Waals surface area contributed by atoms with Crippen LogP contribution in [0, 0.1) is 5.82 Å². The zero-order chi connectivity index (χ0) is 12.3. The first-order valence-electron chi connectivity index (χ1n) is 5.74. The molecule has 92 valence electrons. The number of hydrogen-bond acceptors (Lipinski definition) is 3. The van der Waals surface area contributed by atoms with Gasteiger partial charge in [-0.3, -0.25) is 9.69 Å². The SMILES string of the molecule is CC(=O)C1CN(Cc2ccccc2F)CCS1. The van der Waals surface area contributed by atoms with Crippen molar-refractivity contribution in [3.05, 3.63) is 35.6 Å². The summed E-state index contributed by atoms with van der Waals surface area (Å²) in [5, 5.41) is 0.0514. The second kappa shape index (κ2) is 5.65. The number of halogens is 1. The van der Waals surface area contributed by atoms with Gasteiger partial charge in [-0.1, -0.05) is 18.2 Å². The Morgan fingerprint density at radius 1 is 1.53 bits per heavy atom. The van der Waals surface area contributed by atoms with Crippen molar-refractivity contribution >= 4 is 17.5 Å². The monoisotopic (exact) mass is 253 g/mol. The van der Waals surface area contributed by atoms with E-state index in [-0.39, 0.29) is 16.9 Å². The lowest BCUT2D eigenvalue weighted by atomic mass is 10.2. The van der Waals surface area contributed by atoms with E-state index in [1.165, 1.54) is 6.07 Å². The fraction of sp³-hybridized carbons (Fsp3) is 0.462. The van der Waals surface area contributed by atoms with Gasteiger partial charge in [0.1, 0.15) is 11.6 Å². The number of hydrogen-bond donors (Lipinski definition) is 0. The van der Waals surface area contributed by atoms with Crippen molar-refractivity contribution in [2.45, 2.75) is 18.7 Å². The molecule has 1 atom stereocenters. The molecule has 0 spiro atoms. The summed E-state index contributed by atoms with van der Waals surface area (Å²) in [6, 6.07) is 6.83. The molecule has 0 N–H and O–H groups in total. The Morgan fingerprint density at radius 2 is 2.29 bits per heavy atom. The zero-order valence-electron chi connectivity index (χ0n) is 9.86. The van der Waals surface area contributed by atoms with Gasteiger partial charge in [-0.25, -0.2) is 4.39 Å². The Balaban J connectivity index is 1.99. The van der Waals surface area contributed by atoms with E-state index >= 15 is 0 Å². The molecule has 1 aliphatic heterocycles. The molecule has 4 heteroatoms. The van der Waals surface area contributed by atoms with Crippen molar-refractivity contribution < 1.29 is 9.18 Å². The number of ketones is 1. The van der Waals surface area contributed by atoms with Gasteiger partial charge in [0.25, 0.3) is 0 Å². The Morgan fingerprint density at radius 3 is 3.00 bits per heavy atom. The molecule has 0 aliphatic carbocycles. The number of benzene rings is 1. The Hall–Kier alpha value is -0.870. The Kier molecular flexibility index (Phi) is 4.18. The summed E-state index contributed by atoms with van der Waals surface area (Å²) in [6.07, 6.45) is 0. The van der Waals surface area contributed by atoms with Crippen LogP contribution < -0.4 is 0 Å². The van der Waals surface area contributed by atoms with Crippen LogP contribution in [0.15, 0.2) is 24.3 Å². The number of carbonyl (C=O) groups excluding carboxylic acids is 1. The molecule has 1 aromatic rings. The number of Topliss-reactive ketones (excluding diaryl/α,β-unsaturated/α-hetero) is 1. The van der Waals surface area contributed by atoms with Crippen LogP contribution in [0.3, 0.4) is 0 Å². The second-order valence-corrected chi connectivity index (χ2v) is 5.61. The van der Waals surface area contributed by atoms with E-state index < -0.39 is 0 Å². The van der Waals surface area contributed by atoms with Crippen molar-refractivity contribution in [1.82, 2.24) is 4.90 Å². The van der Waals surface area contributed by atoms with E-state index in [1.54, 1.807) is 30.8 Å². The highest BCUT2D eigenvalue weighted by atomic mass is 32.2. The van der Waals surface area contributed by atoms with Crippen LogP contribution in [0.25, 0.3) is 0 Å². The minimum absolute atomic E-state index is 0.0514. The maximum atomic E-state index is 13.5. The van der Waals surface area contributed by atoms with E-state index in [1.807, 2.05) is 6.07 Å². The lowest BCUT2D eigenvalue weighted by molar-refractivity contribution is -0.116. The van der Waals surface area contributed by atoms with E-state index in [4.69, 9.17) is 0 Å². The Labute approximate surface area is 105 Å². The van der Waals surface area contributed by atoms with E-state index in [2.05, 4.69) is 4.90 Å². The van der Waals surface area contributed by atoms with Gasteiger partial charge in [0.15, 0.2) is 0 Å². The molecule has 2 nitrogen and oxygen atoms in total. The quantitative estimate of drug-likeness (QED) is 0.824. The summed E-state index contributed by atoms with van der Waals surface area (Å²) < 4.78 is 13.5. The average molecular weight is 253 g/mol. The van der Waals surface area contributed by atoms with Gasteiger partial charge in [0.05, 0.1) is 5.25 Å². The molecular weight excluding hydrogens is 237 g/mol. The van der Waals surface area contributed by atoms with Crippen LogP contribution in [0.2, 0.25) is 0 Å². The van der Waals surface area contributed by atoms with Crippen molar-refractivity contribution in [2.75, 3.05) is 18.8 Å². The normalized spacial score (nSPS) is 21.4. The number of carbonyl (C=O) groups is 1. The van der Waals surface area contributed by atoms with Crippen LogP contribution in [0.4, 0.5) is 4.39 Å². The summed E-state index contributed by atoms with van der Waals surface area (Å²) in [5.41, 5.74) is 0.710. The molecule has 1 unspecified atom stereocenters. The standard InChI is InChI=1S/C13H16FNOS/c1-10(16)13-9-15(6-7-17-13)8-11-4-2-3-5-12(11)14/h2-5,13H,6-9H2,1H3. The van der Waals surface area contributed by atoms with Crippen LogP contribution in [-0.4, -0.2) is 34.8 Å². The highest BCUT2D eigenvalue weighted by Crippen LogP contribution is 2.21. The van der Waals surface area contributed by atoms with Gasteiger partial charge >= 0.3 is 0 Å². The number of nitrogens with zero attached hydrogens (tertiary/aromatic N) is 1. The molecule has 1 saturated heterocycles. The first kappa shape index (κ1) is 12.6. The number of thioether (sulfide) groups is 1. The number of rotatable bonds is 3. The van der Waals surface area contributed by atoms with Gasteiger partial charge in [0.2, 0.25) is 0 Å². The van der Waals surface area contributed by atoms with Gasteiger partial charge in [-0.2, -0.15) is 0 Å². The zero-order valence-corrected chi connectivity index (χ0v) is 10.7. The molecule has 1 fully saturated rings. The molecule has 0 bridgehead atoms. The molecule has 17 heavy (non-hydrogen) atoms. The van der Waals surface area contributed by atoms with Crippen molar-refractivity contribution in [1.29, 1.82) is 0 Å². The molecular formula is C13H16FNOS. The van der Waals surface area contributed by atoms with E-state index in [0.717, 1.165) is 18.8 Å². The van der Waals surface area contributed by atoms with E-state index in [0.29, 0.717) is 12.1 Å². The van der Waals surface area contributed by atoms with Crippen LogP contribution in [-0.2, 0) is 11.3 Å². The summed E-state index contributed by atoms with van der Waals surface area (Å²) in [4.78, 5) is 13.5. The minimum atomic E-state index is -0.162. The molecule has 0 saturated carbocycles.